The largest absolute Gasteiger partial charge is 0.497 e. The number of ether oxygens (including phenoxy) is 1. The molecule has 3 aromatic rings. The summed E-state index contributed by atoms with van der Waals surface area (Å²) in [5.74, 6) is 0.883. The van der Waals surface area contributed by atoms with Gasteiger partial charge < -0.3 is 15.0 Å². The maximum absolute atomic E-state index is 13.7. The van der Waals surface area contributed by atoms with Crippen molar-refractivity contribution in [1.82, 2.24) is 4.90 Å². The van der Waals surface area contributed by atoms with Gasteiger partial charge in [0.1, 0.15) is 11.8 Å². The fraction of sp³-hybridized carbons (Fsp3) is 0.240. The van der Waals surface area contributed by atoms with Gasteiger partial charge in [-0.1, -0.05) is 60.7 Å². The van der Waals surface area contributed by atoms with Crippen molar-refractivity contribution in [3.8, 4) is 5.75 Å². The van der Waals surface area contributed by atoms with E-state index in [-0.39, 0.29) is 11.9 Å². The van der Waals surface area contributed by atoms with Gasteiger partial charge in [-0.3, -0.25) is 4.79 Å². The quantitative estimate of drug-likeness (QED) is 0.632. The molecule has 0 saturated carbocycles. The summed E-state index contributed by atoms with van der Waals surface area (Å²) in [4.78, 5) is 15.7. The van der Waals surface area contributed by atoms with Gasteiger partial charge in [0.25, 0.3) is 0 Å². The van der Waals surface area contributed by atoms with Crippen LogP contribution in [-0.2, 0) is 4.79 Å². The second kappa shape index (κ2) is 8.82. The Bertz CT molecular complexity index is 926. The Kier molecular flexibility index (Phi) is 5.80. The van der Waals surface area contributed by atoms with Crippen LogP contribution in [0.4, 0.5) is 5.69 Å². The van der Waals surface area contributed by atoms with Crippen LogP contribution in [0.15, 0.2) is 84.9 Å². The first-order valence-electron chi connectivity index (χ1n) is 10.1. The number of carbonyl (C=O) groups excluding carboxylic acids is 1. The minimum Gasteiger partial charge on any atom is -0.497 e. The van der Waals surface area contributed by atoms with E-state index < -0.39 is 6.04 Å². The normalized spacial score (nSPS) is 17.0. The number of para-hydroxylation sites is 1. The minimum atomic E-state index is -0.451. The van der Waals surface area contributed by atoms with Crippen LogP contribution in [-0.4, -0.2) is 24.5 Å². The van der Waals surface area contributed by atoms with Crippen LogP contribution in [0.5, 0.6) is 5.75 Å². The molecule has 0 bridgehead atoms. The third kappa shape index (κ3) is 4.27. The van der Waals surface area contributed by atoms with Crippen LogP contribution in [0, 0.1) is 0 Å². The Morgan fingerprint density at radius 1 is 0.966 bits per heavy atom. The first-order valence-corrected chi connectivity index (χ1v) is 10.1. The van der Waals surface area contributed by atoms with E-state index in [1.807, 2.05) is 77.7 Å². The Hall–Kier alpha value is -3.27. The predicted octanol–water partition coefficient (Wildman–Crippen LogP) is 5.21. The van der Waals surface area contributed by atoms with Crippen LogP contribution in [0.1, 0.15) is 36.1 Å². The zero-order valence-electron chi connectivity index (χ0n) is 16.6. The fourth-order valence-electron chi connectivity index (χ4n) is 4.00. The number of benzene rings is 3. The van der Waals surface area contributed by atoms with Gasteiger partial charge in [-0.15, -0.1) is 0 Å². The smallest absolute Gasteiger partial charge is 0.250 e. The summed E-state index contributed by atoms with van der Waals surface area (Å²) in [7, 11) is 1.65. The number of carbonyl (C=O) groups is 1. The van der Waals surface area contributed by atoms with Gasteiger partial charge in [0, 0.05) is 12.2 Å². The lowest BCUT2D eigenvalue weighted by Crippen LogP contribution is -2.37. The van der Waals surface area contributed by atoms with E-state index in [2.05, 4.69) is 17.4 Å². The van der Waals surface area contributed by atoms with Gasteiger partial charge in [0.2, 0.25) is 5.91 Å². The molecule has 0 aromatic heterocycles. The Morgan fingerprint density at radius 3 is 2.28 bits per heavy atom. The van der Waals surface area contributed by atoms with Crippen molar-refractivity contribution in [3.05, 3.63) is 96.1 Å². The Balaban J connectivity index is 1.64. The number of hydrogen-bond acceptors (Lipinski definition) is 3. The monoisotopic (exact) mass is 386 g/mol. The lowest BCUT2D eigenvalue weighted by atomic mass is 10.0. The zero-order valence-corrected chi connectivity index (χ0v) is 16.6. The Morgan fingerprint density at radius 2 is 1.62 bits per heavy atom. The predicted molar refractivity (Wildman–Crippen MR) is 116 cm³/mol. The van der Waals surface area contributed by atoms with Crippen molar-refractivity contribution in [1.29, 1.82) is 0 Å². The standard InChI is InChI=1S/C25H26N2O2/c1-29-22-16-14-20(15-17-22)24(26-21-11-6-3-7-12-21)25(28)27-18-8-13-23(27)19-9-4-2-5-10-19/h2-7,9-12,14-17,23-24,26H,8,13,18H2,1H3. The molecule has 1 fully saturated rings. The molecule has 0 spiro atoms. The van der Waals surface area contributed by atoms with E-state index in [1.165, 1.54) is 5.56 Å². The van der Waals surface area contributed by atoms with Crippen molar-refractivity contribution in [2.45, 2.75) is 24.9 Å². The molecule has 29 heavy (non-hydrogen) atoms. The third-order valence-electron chi connectivity index (χ3n) is 5.50. The summed E-state index contributed by atoms with van der Waals surface area (Å²) in [6.07, 6.45) is 2.02. The molecule has 3 aromatic carbocycles. The van der Waals surface area contributed by atoms with E-state index >= 15 is 0 Å². The van der Waals surface area contributed by atoms with Crippen molar-refractivity contribution in [2.75, 3.05) is 19.0 Å². The average molecular weight is 386 g/mol. The van der Waals surface area contributed by atoms with Crippen molar-refractivity contribution < 1.29 is 9.53 Å². The number of methoxy groups -OCH3 is 1. The van der Waals surface area contributed by atoms with Crippen LogP contribution in [0.2, 0.25) is 0 Å². The van der Waals surface area contributed by atoms with E-state index in [1.54, 1.807) is 7.11 Å². The van der Waals surface area contributed by atoms with Crippen molar-refractivity contribution in [2.24, 2.45) is 0 Å². The number of amides is 1. The molecule has 4 heteroatoms. The van der Waals surface area contributed by atoms with E-state index in [0.717, 1.165) is 36.4 Å². The summed E-state index contributed by atoms with van der Waals surface area (Å²) in [5.41, 5.74) is 3.06. The summed E-state index contributed by atoms with van der Waals surface area (Å²) in [6, 6.07) is 27.6. The number of nitrogens with one attached hydrogen (secondary N) is 1. The number of nitrogens with zero attached hydrogens (tertiary/aromatic N) is 1. The molecule has 4 rings (SSSR count). The number of hydrogen-bond donors (Lipinski definition) is 1. The molecule has 2 unspecified atom stereocenters. The van der Waals surface area contributed by atoms with Crippen molar-refractivity contribution in [3.63, 3.8) is 0 Å². The Labute approximate surface area is 172 Å². The summed E-state index contributed by atoms with van der Waals surface area (Å²) < 4.78 is 5.29. The van der Waals surface area contributed by atoms with E-state index in [0.29, 0.717) is 0 Å². The summed E-state index contributed by atoms with van der Waals surface area (Å²) in [5, 5.41) is 3.45. The topological polar surface area (TPSA) is 41.6 Å². The molecule has 1 amide bonds. The highest BCUT2D eigenvalue weighted by molar-refractivity contribution is 5.86. The number of anilines is 1. The third-order valence-corrected chi connectivity index (χ3v) is 5.50. The maximum Gasteiger partial charge on any atom is 0.250 e. The van der Waals surface area contributed by atoms with E-state index in [9.17, 15) is 4.79 Å². The highest BCUT2D eigenvalue weighted by Crippen LogP contribution is 2.35. The highest BCUT2D eigenvalue weighted by atomic mass is 16.5. The molecule has 1 N–H and O–H groups in total. The van der Waals surface area contributed by atoms with Crippen LogP contribution < -0.4 is 10.1 Å². The average Bonchev–Trinajstić information content (AvgIpc) is 3.28. The first-order chi connectivity index (χ1) is 14.3. The molecular weight excluding hydrogens is 360 g/mol. The fourth-order valence-corrected chi connectivity index (χ4v) is 4.00. The molecule has 1 aliphatic heterocycles. The van der Waals surface area contributed by atoms with Gasteiger partial charge in [0.05, 0.1) is 13.2 Å². The van der Waals surface area contributed by atoms with Gasteiger partial charge in [-0.2, -0.15) is 0 Å². The lowest BCUT2D eigenvalue weighted by Gasteiger charge is -2.30. The van der Waals surface area contributed by atoms with E-state index in [4.69, 9.17) is 4.74 Å². The van der Waals surface area contributed by atoms with Crippen molar-refractivity contribution >= 4 is 11.6 Å². The minimum absolute atomic E-state index is 0.102. The molecule has 2 atom stereocenters. The maximum atomic E-state index is 13.7. The molecular formula is C25H26N2O2. The molecule has 0 aliphatic carbocycles. The second-order valence-corrected chi connectivity index (χ2v) is 7.32. The molecule has 4 nitrogen and oxygen atoms in total. The molecule has 1 saturated heterocycles. The SMILES string of the molecule is COc1ccc(C(Nc2ccccc2)C(=O)N2CCCC2c2ccccc2)cc1. The summed E-state index contributed by atoms with van der Waals surface area (Å²) in [6.45, 7) is 0.779. The van der Waals surface area contributed by atoms with Gasteiger partial charge in [0.15, 0.2) is 0 Å². The first kappa shape index (κ1) is 19.1. The van der Waals surface area contributed by atoms with Crippen LogP contribution in [0.25, 0.3) is 0 Å². The summed E-state index contributed by atoms with van der Waals surface area (Å²) >= 11 is 0. The lowest BCUT2D eigenvalue weighted by molar-refractivity contribution is -0.133. The van der Waals surface area contributed by atoms with Gasteiger partial charge in [-0.25, -0.2) is 0 Å². The second-order valence-electron chi connectivity index (χ2n) is 7.32. The molecule has 1 heterocycles. The molecule has 0 radical (unpaired) electrons. The van der Waals surface area contributed by atoms with Gasteiger partial charge >= 0.3 is 0 Å². The van der Waals surface area contributed by atoms with Crippen LogP contribution >= 0.6 is 0 Å². The van der Waals surface area contributed by atoms with Gasteiger partial charge in [-0.05, 0) is 48.2 Å². The number of likely N-dealkylation sites (tertiary alicyclic amines) is 1. The molecule has 148 valence electrons. The zero-order chi connectivity index (χ0) is 20.1. The molecule has 1 aliphatic rings. The number of rotatable bonds is 6. The van der Waals surface area contributed by atoms with Crippen LogP contribution in [0.3, 0.4) is 0 Å². The highest BCUT2D eigenvalue weighted by Gasteiger charge is 2.34.